The molecule has 0 saturated carbocycles. The van der Waals surface area contributed by atoms with E-state index in [1.165, 1.54) is 0 Å². The van der Waals surface area contributed by atoms with Crippen LogP contribution in [0.2, 0.25) is 0 Å². The van der Waals surface area contributed by atoms with Crippen LogP contribution in [0.5, 0.6) is 0 Å². The molecule has 2 heterocycles. The van der Waals surface area contributed by atoms with E-state index in [4.69, 9.17) is 4.52 Å². The van der Waals surface area contributed by atoms with E-state index >= 15 is 0 Å². The molecule has 1 aromatic heterocycles. The standard InChI is InChI=1S/C17H22N4O2/c1-12(2)18-17(22)21-11-7-6-10-14(21)16-19-15(20-23-16)13-8-4-3-5-9-13/h3-5,8-9,12,14H,6-7,10-11H2,1-2H3,(H,18,22)/t14-/m0/s1. The molecule has 122 valence electrons. The maximum absolute atomic E-state index is 12.4. The third kappa shape index (κ3) is 3.52. The number of amides is 2. The summed E-state index contributed by atoms with van der Waals surface area (Å²) in [6.07, 6.45) is 2.91. The van der Waals surface area contributed by atoms with Crippen LogP contribution in [0.25, 0.3) is 11.4 Å². The van der Waals surface area contributed by atoms with E-state index in [0.717, 1.165) is 24.8 Å². The summed E-state index contributed by atoms with van der Waals surface area (Å²) in [7, 11) is 0. The predicted octanol–water partition coefficient (Wildman–Crippen LogP) is 3.38. The zero-order valence-corrected chi connectivity index (χ0v) is 13.5. The van der Waals surface area contributed by atoms with Crippen molar-refractivity contribution in [3.63, 3.8) is 0 Å². The van der Waals surface area contributed by atoms with Gasteiger partial charge >= 0.3 is 6.03 Å². The van der Waals surface area contributed by atoms with Crippen LogP contribution >= 0.6 is 0 Å². The number of nitrogens with one attached hydrogen (secondary N) is 1. The van der Waals surface area contributed by atoms with Crippen molar-refractivity contribution in [1.82, 2.24) is 20.4 Å². The second-order valence-electron chi connectivity index (χ2n) is 6.13. The number of urea groups is 1. The predicted molar refractivity (Wildman–Crippen MR) is 86.7 cm³/mol. The monoisotopic (exact) mass is 314 g/mol. The topological polar surface area (TPSA) is 71.3 Å². The van der Waals surface area contributed by atoms with Crippen LogP contribution in [0.4, 0.5) is 4.79 Å². The molecule has 0 radical (unpaired) electrons. The Labute approximate surface area is 135 Å². The second-order valence-corrected chi connectivity index (χ2v) is 6.13. The van der Waals surface area contributed by atoms with Crippen LogP contribution in [-0.4, -0.2) is 33.7 Å². The van der Waals surface area contributed by atoms with Crippen molar-refractivity contribution in [2.75, 3.05) is 6.54 Å². The minimum absolute atomic E-state index is 0.0656. The number of piperidine rings is 1. The van der Waals surface area contributed by atoms with Gasteiger partial charge < -0.3 is 14.7 Å². The normalized spacial score (nSPS) is 18.2. The molecule has 1 aliphatic rings. The molecule has 23 heavy (non-hydrogen) atoms. The van der Waals surface area contributed by atoms with Crippen molar-refractivity contribution in [1.29, 1.82) is 0 Å². The minimum atomic E-state index is -0.146. The van der Waals surface area contributed by atoms with Gasteiger partial charge in [0.1, 0.15) is 6.04 Å². The van der Waals surface area contributed by atoms with Crippen molar-refractivity contribution in [2.24, 2.45) is 0 Å². The number of carbonyl (C=O) groups excluding carboxylic acids is 1. The van der Waals surface area contributed by atoms with Gasteiger partial charge in [0, 0.05) is 18.2 Å². The van der Waals surface area contributed by atoms with E-state index in [2.05, 4.69) is 15.5 Å². The van der Waals surface area contributed by atoms with Gasteiger partial charge in [-0.25, -0.2) is 4.79 Å². The van der Waals surface area contributed by atoms with Gasteiger partial charge in [-0.05, 0) is 33.1 Å². The summed E-state index contributed by atoms with van der Waals surface area (Å²) < 4.78 is 5.46. The quantitative estimate of drug-likeness (QED) is 0.942. The molecule has 1 saturated heterocycles. The van der Waals surface area contributed by atoms with E-state index < -0.39 is 0 Å². The van der Waals surface area contributed by atoms with Gasteiger partial charge in [-0.2, -0.15) is 4.98 Å². The van der Waals surface area contributed by atoms with Crippen LogP contribution in [-0.2, 0) is 0 Å². The molecule has 1 fully saturated rings. The molecule has 1 aliphatic heterocycles. The lowest BCUT2D eigenvalue weighted by atomic mass is 10.0. The van der Waals surface area contributed by atoms with Crippen LogP contribution < -0.4 is 5.32 Å². The van der Waals surface area contributed by atoms with Crippen molar-refractivity contribution < 1.29 is 9.32 Å². The first-order valence-electron chi connectivity index (χ1n) is 8.11. The molecule has 1 N–H and O–H groups in total. The molecule has 6 nitrogen and oxygen atoms in total. The summed E-state index contributed by atoms with van der Waals surface area (Å²) in [5.74, 6) is 1.08. The highest BCUT2D eigenvalue weighted by Gasteiger charge is 2.32. The number of rotatable bonds is 3. The van der Waals surface area contributed by atoms with Gasteiger partial charge in [0.25, 0.3) is 0 Å². The average molecular weight is 314 g/mol. The van der Waals surface area contributed by atoms with Crippen molar-refractivity contribution in [3.05, 3.63) is 36.2 Å². The van der Waals surface area contributed by atoms with Gasteiger partial charge in [0.05, 0.1) is 0 Å². The fourth-order valence-corrected chi connectivity index (χ4v) is 2.84. The first kappa shape index (κ1) is 15.5. The summed E-state index contributed by atoms with van der Waals surface area (Å²) in [6, 6.07) is 9.60. The Morgan fingerprint density at radius 1 is 1.30 bits per heavy atom. The number of nitrogens with zero attached hydrogens (tertiary/aromatic N) is 3. The van der Waals surface area contributed by atoms with Gasteiger partial charge in [0.15, 0.2) is 0 Å². The van der Waals surface area contributed by atoms with E-state index in [-0.39, 0.29) is 18.1 Å². The Balaban J connectivity index is 1.81. The van der Waals surface area contributed by atoms with Crippen LogP contribution in [0.1, 0.15) is 45.0 Å². The Hall–Kier alpha value is -2.37. The Kier molecular flexibility index (Phi) is 4.60. The highest BCUT2D eigenvalue weighted by Crippen LogP contribution is 2.31. The van der Waals surface area contributed by atoms with Crippen LogP contribution in [0, 0.1) is 0 Å². The summed E-state index contributed by atoms with van der Waals surface area (Å²) in [6.45, 7) is 4.63. The van der Waals surface area contributed by atoms with Gasteiger partial charge in [-0.15, -0.1) is 0 Å². The number of hydrogen-bond acceptors (Lipinski definition) is 4. The molecule has 0 aliphatic carbocycles. The van der Waals surface area contributed by atoms with E-state index in [9.17, 15) is 4.79 Å². The molecule has 0 bridgehead atoms. The Morgan fingerprint density at radius 2 is 2.09 bits per heavy atom. The maximum atomic E-state index is 12.4. The summed E-state index contributed by atoms with van der Waals surface area (Å²) in [5, 5.41) is 7.02. The molecular weight excluding hydrogens is 292 g/mol. The van der Waals surface area contributed by atoms with Crippen LogP contribution in [0.3, 0.4) is 0 Å². The second kappa shape index (κ2) is 6.81. The Morgan fingerprint density at radius 3 is 2.83 bits per heavy atom. The fourth-order valence-electron chi connectivity index (χ4n) is 2.84. The van der Waals surface area contributed by atoms with Gasteiger partial charge in [-0.1, -0.05) is 35.5 Å². The third-order valence-corrected chi connectivity index (χ3v) is 3.93. The zero-order chi connectivity index (χ0) is 16.2. The van der Waals surface area contributed by atoms with E-state index in [1.807, 2.05) is 49.1 Å². The zero-order valence-electron chi connectivity index (χ0n) is 13.5. The molecule has 1 atom stereocenters. The number of carbonyl (C=O) groups is 1. The van der Waals surface area contributed by atoms with Gasteiger partial charge in [0.2, 0.25) is 11.7 Å². The summed E-state index contributed by atoms with van der Waals surface area (Å²) >= 11 is 0. The molecule has 3 rings (SSSR count). The van der Waals surface area contributed by atoms with Crippen LogP contribution in [0.15, 0.2) is 34.9 Å². The molecule has 6 heteroatoms. The average Bonchev–Trinajstić information content (AvgIpc) is 3.05. The first-order chi connectivity index (χ1) is 11.1. The number of likely N-dealkylation sites (tertiary alicyclic amines) is 1. The SMILES string of the molecule is CC(C)NC(=O)N1CCCC[C@H]1c1nc(-c2ccccc2)no1. The lowest BCUT2D eigenvalue weighted by Gasteiger charge is -2.33. The molecule has 2 amide bonds. The molecule has 0 spiro atoms. The Bertz CT molecular complexity index is 654. The van der Waals surface area contributed by atoms with Gasteiger partial charge in [-0.3, -0.25) is 0 Å². The number of hydrogen-bond donors (Lipinski definition) is 1. The largest absolute Gasteiger partial charge is 0.337 e. The highest BCUT2D eigenvalue weighted by atomic mass is 16.5. The van der Waals surface area contributed by atoms with Crippen molar-refractivity contribution in [2.45, 2.75) is 45.2 Å². The smallest absolute Gasteiger partial charge is 0.318 e. The van der Waals surface area contributed by atoms with E-state index in [1.54, 1.807) is 0 Å². The third-order valence-electron chi connectivity index (χ3n) is 3.93. The number of aromatic nitrogens is 2. The molecule has 0 unspecified atom stereocenters. The summed E-state index contributed by atoms with van der Waals surface area (Å²) in [5.41, 5.74) is 0.913. The lowest BCUT2D eigenvalue weighted by molar-refractivity contribution is 0.130. The highest BCUT2D eigenvalue weighted by molar-refractivity contribution is 5.75. The lowest BCUT2D eigenvalue weighted by Crippen LogP contribution is -2.46. The minimum Gasteiger partial charge on any atom is -0.337 e. The summed E-state index contributed by atoms with van der Waals surface area (Å²) in [4.78, 5) is 18.7. The fraction of sp³-hybridized carbons (Fsp3) is 0.471. The number of benzene rings is 1. The molecule has 2 aromatic rings. The van der Waals surface area contributed by atoms with Crippen molar-refractivity contribution in [3.8, 4) is 11.4 Å². The first-order valence-corrected chi connectivity index (χ1v) is 8.11. The maximum Gasteiger partial charge on any atom is 0.318 e. The van der Waals surface area contributed by atoms with Crippen molar-refractivity contribution >= 4 is 6.03 Å². The molecule has 1 aromatic carbocycles. The van der Waals surface area contributed by atoms with E-state index in [0.29, 0.717) is 18.3 Å². The molecular formula is C17H22N4O2.